The van der Waals surface area contributed by atoms with Crippen LogP contribution in [0.15, 0.2) is 47.4 Å². The van der Waals surface area contributed by atoms with Gasteiger partial charge in [0.05, 0.1) is 20.9 Å². The molecule has 0 aromatic heterocycles. The van der Waals surface area contributed by atoms with E-state index >= 15 is 0 Å². The minimum absolute atomic E-state index is 0.102. The van der Waals surface area contributed by atoms with E-state index in [9.17, 15) is 16.8 Å². The predicted molar refractivity (Wildman–Crippen MR) is 136 cm³/mol. The molecule has 2 aromatic carbocycles. The number of sulfonamides is 1. The summed E-state index contributed by atoms with van der Waals surface area (Å²) in [4.78, 5) is 2.22. The Morgan fingerprint density at radius 3 is 2.27 bits per heavy atom. The largest absolute Gasteiger partial charge is 0.302 e. The van der Waals surface area contributed by atoms with Gasteiger partial charge in [-0.25, -0.2) is 16.8 Å². The average molecular weight is 554 g/mol. The SMILES string of the molecule is CC(CCCN1CCC(S(C)(=O)=O)C1)N(c1cc(Cl)ccc1Cl)S(=O)(=O)c1ccc(Cl)cc1. The fraction of sp³-hybridized carbons (Fsp3) is 0.455. The third kappa shape index (κ3) is 6.55. The van der Waals surface area contributed by atoms with Gasteiger partial charge in [-0.2, -0.15) is 0 Å². The standard InChI is InChI=1S/C22H27Cl3N2O4S2/c1-16(4-3-12-26-13-11-20(15-26)32(2,28)29)27(22-14-18(24)7-10-21(22)25)33(30,31)19-8-5-17(23)6-9-19/h5-10,14,16,20H,3-4,11-13,15H2,1-2H3. The highest BCUT2D eigenvalue weighted by atomic mass is 35.5. The van der Waals surface area contributed by atoms with Crippen molar-refractivity contribution in [1.29, 1.82) is 0 Å². The van der Waals surface area contributed by atoms with Crippen LogP contribution in [0.2, 0.25) is 15.1 Å². The van der Waals surface area contributed by atoms with Gasteiger partial charge in [-0.3, -0.25) is 4.31 Å². The Morgan fingerprint density at radius 1 is 1.03 bits per heavy atom. The van der Waals surface area contributed by atoms with Crippen LogP contribution in [0.3, 0.4) is 0 Å². The number of benzene rings is 2. The zero-order valence-corrected chi connectivity index (χ0v) is 22.3. The summed E-state index contributed by atoms with van der Waals surface area (Å²) in [6.45, 7) is 3.75. The molecular weight excluding hydrogens is 527 g/mol. The molecule has 1 aliphatic heterocycles. The Kier molecular flexibility index (Phi) is 8.62. The van der Waals surface area contributed by atoms with Crippen molar-refractivity contribution >= 4 is 60.4 Å². The first-order valence-corrected chi connectivity index (χ1v) is 15.1. The van der Waals surface area contributed by atoms with Gasteiger partial charge in [0.15, 0.2) is 9.84 Å². The van der Waals surface area contributed by atoms with Gasteiger partial charge in [-0.05, 0) is 81.7 Å². The van der Waals surface area contributed by atoms with Gasteiger partial charge in [0.2, 0.25) is 0 Å². The second kappa shape index (κ2) is 10.7. The van der Waals surface area contributed by atoms with Crippen molar-refractivity contribution < 1.29 is 16.8 Å². The molecule has 0 N–H and O–H groups in total. The Bertz CT molecular complexity index is 1190. The summed E-state index contributed by atoms with van der Waals surface area (Å²) in [6, 6.07) is 10.3. The molecule has 6 nitrogen and oxygen atoms in total. The second-order valence-electron chi connectivity index (χ2n) is 8.38. The minimum atomic E-state index is -3.95. The molecule has 2 aromatic rings. The molecule has 2 unspecified atom stereocenters. The molecule has 0 saturated carbocycles. The molecule has 1 saturated heterocycles. The predicted octanol–water partition coefficient (Wildman–Crippen LogP) is 5.13. The van der Waals surface area contributed by atoms with E-state index in [1.165, 1.54) is 34.8 Å². The molecule has 1 aliphatic rings. The maximum atomic E-state index is 13.6. The van der Waals surface area contributed by atoms with E-state index in [0.717, 1.165) is 6.54 Å². The van der Waals surface area contributed by atoms with Crippen LogP contribution in [-0.2, 0) is 19.9 Å². The van der Waals surface area contributed by atoms with E-state index in [-0.39, 0.29) is 15.2 Å². The van der Waals surface area contributed by atoms with E-state index in [1.54, 1.807) is 18.2 Å². The van der Waals surface area contributed by atoms with Crippen LogP contribution < -0.4 is 4.31 Å². The molecule has 2 atom stereocenters. The zero-order valence-electron chi connectivity index (χ0n) is 18.4. The van der Waals surface area contributed by atoms with Gasteiger partial charge in [0, 0.05) is 28.9 Å². The fourth-order valence-corrected chi connectivity index (χ4v) is 7.32. The number of sulfone groups is 1. The molecule has 0 spiro atoms. The van der Waals surface area contributed by atoms with Gasteiger partial charge in [-0.15, -0.1) is 0 Å². The van der Waals surface area contributed by atoms with E-state index in [0.29, 0.717) is 48.1 Å². The van der Waals surface area contributed by atoms with Gasteiger partial charge in [0.25, 0.3) is 10.0 Å². The molecule has 3 rings (SSSR count). The van der Waals surface area contributed by atoms with Crippen LogP contribution in [-0.4, -0.2) is 58.9 Å². The van der Waals surface area contributed by atoms with Crippen molar-refractivity contribution in [1.82, 2.24) is 4.90 Å². The number of anilines is 1. The van der Waals surface area contributed by atoms with Crippen LogP contribution in [0.5, 0.6) is 0 Å². The highest BCUT2D eigenvalue weighted by Crippen LogP contribution is 2.35. The molecule has 0 radical (unpaired) electrons. The summed E-state index contributed by atoms with van der Waals surface area (Å²) in [6.07, 6.45) is 3.15. The summed E-state index contributed by atoms with van der Waals surface area (Å²) in [5.74, 6) is 0. The number of hydrogen-bond donors (Lipinski definition) is 0. The molecule has 1 fully saturated rings. The second-order valence-corrected chi connectivity index (χ2v) is 13.8. The highest BCUT2D eigenvalue weighted by Gasteiger charge is 2.32. The minimum Gasteiger partial charge on any atom is -0.302 e. The topological polar surface area (TPSA) is 74.8 Å². The molecule has 1 heterocycles. The maximum Gasteiger partial charge on any atom is 0.264 e. The lowest BCUT2D eigenvalue weighted by Gasteiger charge is -2.32. The third-order valence-electron chi connectivity index (χ3n) is 5.85. The van der Waals surface area contributed by atoms with Gasteiger partial charge in [-0.1, -0.05) is 34.8 Å². The Morgan fingerprint density at radius 2 is 1.67 bits per heavy atom. The van der Waals surface area contributed by atoms with E-state index in [1.807, 2.05) is 6.92 Å². The first kappa shape index (κ1) is 26.6. The summed E-state index contributed by atoms with van der Waals surface area (Å²) >= 11 is 18.5. The molecule has 33 heavy (non-hydrogen) atoms. The smallest absolute Gasteiger partial charge is 0.264 e. The lowest BCUT2D eigenvalue weighted by atomic mass is 10.1. The van der Waals surface area contributed by atoms with Gasteiger partial charge < -0.3 is 4.90 Å². The number of hydrogen-bond acceptors (Lipinski definition) is 5. The van der Waals surface area contributed by atoms with Crippen LogP contribution >= 0.6 is 34.8 Å². The molecule has 11 heteroatoms. The van der Waals surface area contributed by atoms with Crippen molar-refractivity contribution in [2.45, 2.75) is 42.4 Å². The van der Waals surface area contributed by atoms with Crippen molar-refractivity contribution in [3.63, 3.8) is 0 Å². The zero-order chi connectivity index (χ0) is 24.4. The monoisotopic (exact) mass is 552 g/mol. The van der Waals surface area contributed by atoms with Gasteiger partial charge in [0.1, 0.15) is 0 Å². The van der Waals surface area contributed by atoms with Crippen LogP contribution in [0, 0.1) is 0 Å². The van der Waals surface area contributed by atoms with Crippen molar-refractivity contribution in [3.05, 3.63) is 57.5 Å². The van der Waals surface area contributed by atoms with E-state index < -0.39 is 25.9 Å². The first-order chi connectivity index (χ1) is 15.4. The number of rotatable bonds is 9. The average Bonchev–Trinajstić information content (AvgIpc) is 3.20. The Balaban J connectivity index is 1.81. The number of nitrogens with zero attached hydrogens (tertiary/aromatic N) is 2. The lowest BCUT2D eigenvalue weighted by Crippen LogP contribution is -2.39. The first-order valence-electron chi connectivity index (χ1n) is 10.6. The van der Waals surface area contributed by atoms with Crippen LogP contribution in [0.1, 0.15) is 26.2 Å². The van der Waals surface area contributed by atoms with Crippen molar-refractivity contribution in [3.8, 4) is 0 Å². The molecule has 0 bridgehead atoms. The van der Waals surface area contributed by atoms with Crippen molar-refractivity contribution in [2.75, 3.05) is 30.2 Å². The molecule has 0 aliphatic carbocycles. The summed E-state index contributed by atoms with van der Waals surface area (Å²) in [5, 5.41) is 0.760. The number of halogens is 3. The van der Waals surface area contributed by atoms with E-state index in [2.05, 4.69) is 4.90 Å². The molecule has 0 amide bonds. The normalized spacial score (nSPS) is 18.4. The van der Waals surface area contributed by atoms with E-state index in [4.69, 9.17) is 34.8 Å². The fourth-order valence-electron chi connectivity index (χ4n) is 4.06. The molecule has 182 valence electrons. The third-order valence-corrected chi connectivity index (χ3v) is 10.2. The maximum absolute atomic E-state index is 13.6. The Hall–Kier alpha value is -1.03. The quantitative estimate of drug-likeness (QED) is 0.430. The summed E-state index contributed by atoms with van der Waals surface area (Å²) < 4.78 is 52.2. The summed E-state index contributed by atoms with van der Waals surface area (Å²) in [7, 11) is -7.00. The highest BCUT2D eigenvalue weighted by molar-refractivity contribution is 7.93. The molecular formula is C22H27Cl3N2O4S2. The van der Waals surface area contributed by atoms with Crippen LogP contribution in [0.4, 0.5) is 5.69 Å². The number of likely N-dealkylation sites (tertiary alicyclic amines) is 1. The lowest BCUT2D eigenvalue weighted by molar-refractivity contribution is 0.326. The van der Waals surface area contributed by atoms with Crippen LogP contribution in [0.25, 0.3) is 0 Å². The van der Waals surface area contributed by atoms with Crippen molar-refractivity contribution in [2.24, 2.45) is 0 Å². The Labute approximate surface area is 211 Å². The summed E-state index contributed by atoms with van der Waals surface area (Å²) in [5.41, 5.74) is 0.310. The van der Waals surface area contributed by atoms with Gasteiger partial charge >= 0.3 is 0 Å².